The van der Waals surface area contributed by atoms with Crippen molar-refractivity contribution >= 4 is 0 Å². The minimum Gasteiger partial charge on any atom is -0.381 e. The zero-order valence-electron chi connectivity index (χ0n) is 8.95. The first kappa shape index (κ1) is 10.4. The number of nitrogens with zero attached hydrogens (tertiary/aromatic N) is 1. The molecule has 2 aliphatic rings. The van der Waals surface area contributed by atoms with Gasteiger partial charge in [0.2, 0.25) is 0 Å². The summed E-state index contributed by atoms with van der Waals surface area (Å²) in [5.74, 6) is 0.698. The minimum atomic E-state index is 0.372. The largest absolute Gasteiger partial charge is 0.381 e. The smallest absolute Gasteiger partial charge is 0.0469 e. The van der Waals surface area contributed by atoms with E-state index >= 15 is 0 Å². The van der Waals surface area contributed by atoms with Gasteiger partial charge in [0.05, 0.1) is 0 Å². The molecule has 2 aliphatic heterocycles. The molecular weight excluding hydrogens is 176 g/mol. The molecular formula is C11H22N2O. The van der Waals surface area contributed by atoms with Crippen LogP contribution in [0.2, 0.25) is 0 Å². The van der Waals surface area contributed by atoms with Crippen molar-refractivity contribution in [3.05, 3.63) is 0 Å². The third kappa shape index (κ3) is 2.69. The van der Waals surface area contributed by atoms with Crippen LogP contribution in [0.4, 0.5) is 0 Å². The van der Waals surface area contributed by atoms with E-state index in [-0.39, 0.29) is 0 Å². The first-order chi connectivity index (χ1) is 6.86. The molecule has 2 rings (SSSR count). The van der Waals surface area contributed by atoms with E-state index in [0.29, 0.717) is 12.0 Å². The third-order valence-electron chi connectivity index (χ3n) is 3.54. The molecule has 2 heterocycles. The van der Waals surface area contributed by atoms with Gasteiger partial charge in [0.25, 0.3) is 0 Å². The molecule has 2 saturated heterocycles. The summed E-state index contributed by atoms with van der Waals surface area (Å²) >= 11 is 0. The molecule has 0 aromatic heterocycles. The van der Waals surface area contributed by atoms with E-state index in [1.165, 1.54) is 25.9 Å². The van der Waals surface area contributed by atoms with Crippen molar-refractivity contribution in [1.82, 2.24) is 4.90 Å². The zero-order chi connectivity index (χ0) is 9.80. The molecule has 0 amide bonds. The second-order valence-electron chi connectivity index (χ2n) is 4.62. The topological polar surface area (TPSA) is 38.5 Å². The average molecular weight is 198 g/mol. The van der Waals surface area contributed by atoms with Gasteiger partial charge in [-0.05, 0) is 44.7 Å². The summed E-state index contributed by atoms with van der Waals surface area (Å²) in [6, 6.07) is 0.372. The quantitative estimate of drug-likeness (QED) is 0.730. The van der Waals surface area contributed by atoms with Crippen LogP contribution in [0, 0.1) is 5.92 Å². The number of rotatable bonds is 3. The number of nitrogens with two attached hydrogens (primary N) is 1. The van der Waals surface area contributed by atoms with Gasteiger partial charge >= 0.3 is 0 Å². The van der Waals surface area contributed by atoms with Crippen molar-refractivity contribution in [3.63, 3.8) is 0 Å². The molecule has 0 aromatic rings. The standard InChI is InChI=1S/C11H22N2O/c12-11(9-13-5-1-2-6-13)10-3-7-14-8-4-10/h10-11H,1-9,12H2/t11-/m1/s1. The van der Waals surface area contributed by atoms with Crippen molar-refractivity contribution in [1.29, 1.82) is 0 Å². The van der Waals surface area contributed by atoms with Crippen LogP contribution in [0.3, 0.4) is 0 Å². The van der Waals surface area contributed by atoms with Crippen LogP contribution in [0.15, 0.2) is 0 Å². The van der Waals surface area contributed by atoms with E-state index in [1.54, 1.807) is 0 Å². The van der Waals surface area contributed by atoms with Crippen LogP contribution >= 0.6 is 0 Å². The van der Waals surface area contributed by atoms with Crippen molar-refractivity contribution in [2.45, 2.75) is 31.7 Å². The number of likely N-dealkylation sites (tertiary alicyclic amines) is 1. The fourth-order valence-corrected chi connectivity index (χ4v) is 2.56. The molecule has 0 bridgehead atoms. The predicted octanol–water partition coefficient (Wildman–Crippen LogP) is 0.836. The van der Waals surface area contributed by atoms with Gasteiger partial charge in [-0.1, -0.05) is 0 Å². The van der Waals surface area contributed by atoms with Gasteiger partial charge in [-0.3, -0.25) is 0 Å². The van der Waals surface area contributed by atoms with Gasteiger partial charge in [0.1, 0.15) is 0 Å². The Labute approximate surface area is 86.6 Å². The van der Waals surface area contributed by atoms with Crippen LogP contribution in [0.5, 0.6) is 0 Å². The Kier molecular flexibility index (Phi) is 3.79. The summed E-state index contributed by atoms with van der Waals surface area (Å²) in [4.78, 5) is 2.51. The summed E-state index contributed by atoms with van der Waals surface area (Å²) < 4.78 is 5.35. The summed E-state index contributed by atoms with van der Waals surface area (Å²) in [5, 5.41) is 0. The Morgan fingerprint density at radius 1 is 1.21 bits per heavy atom. The van der Waals surface area contributed by atoms with Gasteiger partial charge < -0.3 is 15.4 Å². The number of hydrogen-bond donors (Lipinski definition) is 1. The summed E-state index contributed by atoms with van der Waals surface area (Å²) in [6.07, 6.45) is 5.05. The van der Waals surface area contributed by atoms with Crippen LogP contribution < -0.4 is 5.73 Å². The highest BCUT2D eigenvalue weighted by atomic mass is 16.5. The van der Waals surface area contributed by atoms with E-state index in [0.717, 1.165) is 32.6 Å². The van der Waals surface area contributed by atoms with Crippen molar-refractivity contribution in [3.8, 4) is 0 Å². The number of ether oxygens (including phenoxy) is 1. The lowest BCUT2D eigenvalue weighted by molar-refractivity contribution is 0.0544. The normalized spacial score (nSPS) is 28.1. The van der Waals surface area contributed by atoms with E-state index < -0.39 is 0 Å². The van der Waals surface area contributed by atoms with Gasteiger partial charge in [0.15, 0.2) is 0 Å². The summed E-state index contributed by atoms with van der Waals surface area (Å²) in [6.45, 7) is 5.45. The maximum Gasteiger partial charge on any atom is 0.0469 e. The van der Waals surface area contributed by atoms with Crippen molar-refractivity contribution in [2.24, 2.45) is 11.7 Å². The molecule has 0 aromatic carbocycles. The molecule has 0 saturated carbocycles. The molecule has 14 heavy (non-hydrogen) atoms. The van der Waals surface area contributed by atoms with E-state index in [9.17, 15) is 0 Å². The Morgan fingerprint density at radius 3 is 2.50 bits per heavy atom. The van der Waals surface area contributed by atoms with Crippen molar-refractivity contribution in [2.75, 3.05) is 32.8 Å². The maximum atomic E-state index is 6.23. The first-order valence-electron chi connectivity index (χ1n) is 5.92. The molecule has 1 atom stereocenters. The van der Waals surface area contributed by atoms with E-state index in [4.69, 9.17) is 10.5 Å². The Morgan fingerprint density at radius 2 is 1.86 bits per heavy atom. The molecule has 3 nitrogen and oxygen atoms in total. The average Bonchev–Trinajstić information content (AvgIpc) is 2.72. The Hall–Kier alpha value is -0.120. The van der Waals surface area contributed by atoms with Crippen LogP contribution in [0.1, 0.15) is 25.7 Å². The Bertz CT molecular complexity index is 163. The fourth-order valence-electron chi connectivity index (χ4n) is 2.56. The molecule has 0 aliphatic carbocycles. The van der Waals surface area contributed by atoms with Gasteiger partial charge in [0, 0.05) is 25.8 Å². The SMILES string of the molecule is N[C@H](CN1CCCC1)C1CCOCC1. The molecule has 82 valence electrons. The summed E-state index contributed by atoms with van der Waals surface area (Å²) in [5.41, 5.74) is 6.23. The van der Waals surface area contributed by atoms with Gasteiger partial charge in [-0.15, -0.1) is 0 Å². The Balaban J connectivity index is 1.72. The molecule has 0 unspecified atom stereocenters. The zero-order valence-corrected chi connectivity index (χ0v) is 8.95. The molecule has 0 spiro atoms. The van der Waals surface area contributed by atoms with E-state index in [1.807, 2.05) is 0 Å². The van der Waals surface area contributed by atoms with Crippen LogP contribution in [-0.2, 0) is 4.74 Å². The lowest BCUT2D eigenvalue weighted by Crippen LogP contribution is -2.43. The fraction of sp³-hybridized carbons (Fsp3) is 1.00. The highest BCUT2D eigenvalue weighted by molar-refractivity contribution is 4.80. The first-order valence-corrected chi connectivity index (χ1v) is 5.92. The van der Waals surface area contributed by atoms with Gasteiger partial charge in [-0.25, -0.2) is 0 Å². The summed E-state index contributed by atoms with van der Waals surface area (Å²) in [7, 11) is 0. The molecule has 2 N–H and O–H groups in total. The monoisotopic (exact) mass is 198 g/mol. The second-order valence-corrected chi connectivity index (χ2v) is 4.62. The lowest BCUT2D eigenvalue weighted by atomic mass is 9.92. The molecule has 2 fully saturated rings. The predicted molar refractivity (Wildman–Crippen MR) is 57.2 cm³/mol. The van der Waals surface area contributed by atoms with E-state index in [2.05, 4.69) is 4.90 Å². The van der Waals surface area contributed by atoms with Gasteiger partial charge in [-0.2, -0.15) is 0 Å². The lowest BCUT2D eigenvalue weighted by Gasteiger charge is -2.30. The number of hydrogen-bond acceptors (Lipinski definition) is 3. The van der Waals surface area contributed by atoms with Crippen molar-refractivity contribution < 1.29 is 4.74 Å². The second kappa shape index (κ2) is 5.10. The molecule has 0 radical (unpaired) electrons. The van der Waals surface area contributed by atoms with Crippen LogP contribution in [-0.4, -0.2) is 43.8 Å². The highest BCUT2D eigenvalue weighted by Gasteiger charge is 2.23. The minimum absolute atomic E-state index is 0.372. The molecule has 3 heteroatoms. The van der Waals surface area contributed by atoms with Crippen LogP contribution in [0.25, 0.3) is 0 Å². The highest BCUT2D eigenvalue weighted by Crippen LogP contribution is 2.19. The third-order valence-corrected chi connectivity index (χ3v) is 3.54. The maximum absolute atomic E-state index is 6.23.